The third-order valence-corrected chi connectivity index (χ3v) is 3.84. The zero-order valence-electron chi connectivity index (χ0n) is 15.2. The Morgan fingerprint density at radius 2 is 1.88 bits per heavy atom. The van der Waals surface area contributed by atoms with Gasteiger partial charge in [-0.3, -0.25) is 4.79 Å². The highest BCUT2D eigenvalue weighted by Crippen LogP contribution is 2.21. The van der Waals surface area contributed by atoms with Crippen LogP contribution in [-0.2, 0) is 11.3 Å². The second kappa shape index (κ2) is 7.88. The number of rotatable bonds is 6. The number of nitrogens with one attached hydrogen (secondary N) is 2. The molecule has 0 saturated carbocycles. The molecule has 0 aliphatic carbocycles. The minimum absolute atomic E-state index is 0.218. The Hall–Kier alpha value is -2.76. The van der Waals surface area contributed by atoms with Gasteiger partial charge >= 0.3 is 5.97 Å². The second-order valence-electron chi connectivity index (χ2n) is 6.07. The number of ether oxygens (including phenoxy) is 2. The van der Waals surface area contributed by atoms with Gasteiger partial charge in [-0.15, -0.1) is 0 Å². The van der Waals surface area contributed by atoms with Gasteiger partial charge in [0.15, 0.2) is 0 Å². The molecule has 0 unspecified atom stereocenters. The van der Waals surface area contributed by atoms with Gasteiger partial charge in [0.2, 0.25) is 0 Å². The summed E-state index contributed by atoms with van der Waals surface area (Å²) in [6.45, 7) is 7.39. The number of aromatic amines is 1. The van der Waals surface area contributed by atoms with Crippen LogP contribution in [0.15, 0.2) is 24.3 Å². The lowest BCUT2D eigenvalue weighted by Crippen LogP contribution is -2.24. The summed E-state index contributed by atoms with van der Waals surface area (Å²) in [5, 5.41) is 2.85. The van der Waals surface area contributed by atoms with Gasteiger partial charge in [-0.25, -0.2) is 4.79 Å². The number of aryl methyl sites for hydroxylation is 1. The van der Waals surface area contributed by atoms with E-state index >= 15 is 0 Å². The molecular formula is C19H24N2O4. The Labute approximate surface area is 147 Å². The third-order valence-electron chi connectivity index (χ3n) is 3.84. The summed E-state index contributed by atoms with van der Waals surface area (Å²) in [5.74, 6) is 0.00326. The Morgan fingerprint density at radius 1 is 1.20 bits per heavy atom. The van der Waals surface area contributed by atoms with Crippen molar-refractivity contribution < 1.29 is 19.1 Å². The predicted molar refractivity (Wildman–Crippen MR) is 95.0 cm³/mol. The van der Waals surface area contributed by atoms with Crippen LogP contribution in [-0.4, -0.2) is 30.1 Å². The molecule has 1 aromatic carbocycles. The van der Waals surface area contributed by atoms with E-state index < -0.39 is 5.97 Å². The topological polar surface area (TPSA) is 80.4 Å². The highest BCUT2D eigenvalue weighted by molar-refractivity contribution is 6.00. The molecule has 6 nitrogen and oxygen atoms in total. The maximum atomic E-state index is 12.5. The molecule has 6 heteroatoms. The zero-order chi connectivity index (χ0) is 18.6. The van der Waals surface area contributed by atoms with Gasteiger partial charge in [-0.2, -0.15) is 0 Å². The molecule has 1 heterocycles. The van der Waals surface area contributed by atoms with Gasteiger partial charge < -0.3 is 19.8 Å². The SMILES string of the molecule is COc1ccccc1CNC(=O)c1[nH]c(C)c(C(=O)OC(C)C)c1C. The van der Waals surface area contributed by atoms with Crippen molar-refractivity contribution in [2.24, 2.45) is 0 Å². The molecule has 0 fully saturated rings. The summed E-state index contributed by atoms with van der Waals surface area (Å²) in [5.41, 5.74) is 2.85. The van der Waals surface area contributed by atoms with Crippen molar-refractivity contribution >= 4 is 11.9 Å². The molecule has 0 atom stereocenters. The average molecular weight is 344 g/mol. The van der Waals surface area contributed by atoms with Crippen molar-refractivity contribution in [3.63, 3.8) is 0 Å². The van der Waals surface area contributed by atoms with Crippen molar-refractivity contribution in [1.82, 2.24) is 10.3 Å². The molecule has 134 valence electrons. The number of carbonyl (C=O) groups is 2. The summed E-state index contributed by atoms with van der Waals surface area (Å²) in [6, 6.07) is 7.48. The maximum Gasteiger partial charge on any atom is 0.340 e. The van der Waals surface area contributed by atoms with Crippen molar-refractivity contribution in [1.29, 1.82) is 0 Å². The quantitative estimate of drug-likeness (QED) is 0.789. The molecule has 2 N–H and O–H groups in total. The van der Waals surface area contributed by atoms with Crippen LogP contribution in [0.25, 0.3) is 0 Å². The molecule has 0 radical (unpaired) electrons. The summed E-state index contributed by atoms with van der Waals surface area (Å²) in [7, 11) is 1.59. The first-order valence-electron chi connectivity index (χ1n) is 8.15. The Morgan fingerprint density at radius 3 is 2.52 bits per heavy atom. The average Bonchev–Trinajstić information content (AvgIpc) is 2.86. The number of amides is 1. The van der Waals surface area contributed by atoms with Crippen LogP contribution >= 0.6 is 0 Å². The number of hydrogen-bond acceptors (Lipinski definition) is 4. The molecule has 25 heavy (non-hydrogen) atoms. The van der Waals surface area contributed by atoms with Crippen LogP contribution in [0.3, 0.4) is 0 Å². The monoisotopic (exact) mass is 344 g/mol. The number of hydrogen-bond donors (Lipinski definition) is 2. The second-order valence-corrected chi connectivity index (χ2v) is 6.07. The van der Waals surface area contributed by atoms with E-state index in [1.54, 1.807) is 34.8 Å². The summed E-state index contributed by atoms with van der Waals surface area (Å²) < 4.78 is 10.5. The lowest BCUT2D eigenvalue weighted by Gasteiger charge is -2.10. The van der Waals surface area contributed by atoms with Gasteiger partial charge in [0, 0.05) is 17.8 Å². The van der Waals surface area contributed by atoms with Gasteiger partial charge in [0.1, 0.15) is 11.4 Å². The van der Waals surface area contributed by atoms with Crippen molar-refractivity contribution in [2.45, 2.75) is 40.3 Å². The molecule has 0 aliphatic rings. The standard InChI is InChI=1S/C19H24N2O4/c1-11(2)25-19(23)16-12(3)17(21-13(16)4)18(22)20-10-14-8-6-7-9-15(14)24-5/h6-9,11,21H,10H2,1-5H3,(H,20,22). The fraction of sp³-hybridized carbons (Fsp3) is 0.368. The van der Waals surface area contributed by atoms with Gasteiger partial charge in [-0.1, -0.05) is 18.2 Å². The number of methoxy groups -OCH3 is 1. The largest absolute Gasteiger partial charge is 0.496 e. The van der Waals surface area contributed by atoms with E-state index in [1.165, 1.54) is 0 Å². The minimum atomic E-state index is -0.426. The summed E-state index contributed by atoms with van der Waals surface area (Å²) in [6.07, 6.45) is -0.218. The highest BCUT2D eigenvalue weighted by atomic mass is 16.5. The fourth-order valence-electron chi connectivity index (χ4n) is 2.67. The normalized spacial score (nSPS) is 10.6. The predicted octanol–water partition coefficient (Wildman–Crippen LogP) is 3.14. The molecule has 2 rings (SSSR count). The maximum absolute atomic E-state index is 12.5. The number of benzene rings is 1. The van der Waals surface area contributed by atoms with Gasteiger partial charge in [0.25, 0.3) is 5.91 Å². The smallest absolute Gasteiger partial charge is 0.340 e. The van der Waals surface area contributed by atoms with Gasteiger partial charge in [0.05, 0.1) is 18.8 Å². The summed E-state index contributed by atoms with van der Waals surface area (Å²) in [4.78, 5) is 27.7. The third kappa shape index (κ3) is 4.21. The first-order chi connectivity index (χ1) is 11.8. The van der Waals surface area contributed by atoms with Crippen LogP contribution in [0.1, 0.15) is 51.5 Å². The van der Waals surface area contributed by atoms with E-state index in [2.05, 4.69) is 10.3 Å². The molecule has 2 aromatic rings. The van der Waals surface area contributed by atoms with Crippen molar-refractivity contribution in [2.75, 3.05) is 7.11 Å². The molecule has 0 aliphatic heterocycles. The van der Waals surface area contributed by atoms with E-state index in [4.69, 9.17) is 9.47 Å². The fourth-order valence-corrected chi connectivity index (χ4v) is 2.67. The van der Waals surface area contributed by atoms with Crippen LogP contribution in [0.5, 0.6) is 5.75 Å². The van der Waals surface area contributed by atoms with Crippen molar-refractivity contribution in [3.8, 4) is 5.75 Å². The number of H-pyrrole nitrogens is 1. The van der Waals surface area contributed by atoms with E-state index in [0.29, 0.717) is 34.8 Å². The minimum Gasteiger partial charge on any atom is -0.496 e. The molecular weight excluding hydrogens is 320 g/mol. The van der Waals surface area contributed by atoms with Crippen LogP contribution < -0.4 is 10.1 Å². The zero-order valence-corrected chi connectivity index (χ0v) is 15.2. The van der Waals surface area contributed by atoms with Crippen LogP contribution in [0.2, 0.25) is 0 Å². The van der Waals surface area contributed by atoms with E-state index in [9.17, 15) is 9.59 Å². The lowest BCUT2D eigenvalue weighted by molar-refractivity contribution is 0.0376. The molecule has 0 spiro atoms. The van der Waals surface area contributed by atoms with E-state index in [1.807, 2.05) is 24.3 Å². The Balaban J connectivity index is 2.16. The lowest BCUT2D eigenvalue weighted by atomic mass is 10.1. The first-order valence-corrected chi connectivity index (χ1v) is 8.15. The highest BCUT2D eigenvalue weighted by Gasteiger charge is 2.23. The van der Waals surface area contributed by atoms with E-state index in [0.717, 1.165) is 5.56 Å². The van der Waals surface area contributed by atoms with Crippen LogP contribution in [0, 0.1) is 13.8 Å². The molecule has 0 bridgehead atoms. The number of para-hydroxylation sites is 1. The van der Waals surface area contributed by atoms with Crippen LogP contribution in [0.4, 0.5) is 0 Å². The molecule has 1 amide bonds. The van der Waals surface area contributed by atoms with Gasteiger partial charge in [-0.05, 0) is 39.3 Å². The summed E-state index contributed by atoms with van der Waals surface area (Å²) >= 11 is 0. The number of aromatic nitrogens is 1. The van der Waals surface area contributed by atoms with E-state index in [-0.39, 0.29) is 12.0 Å². The Kier molecular flexibility index (Phi) is 5.85. The molecule has 0 saturated heterocycles. The number of esters is 1. The van der Waals surface area contributed by atoms with Crippen molar-refractivity contribution in [3.05, 3.63) is 52.3 Å². The Bertz CT molecular complexity index is 778. The molecule has 1 aromatic heterocycles. The number of carbonyl (C=O) groups excluding carboxylic acids is 2. The first kappa shape index (κ1) is 18.6.